The van der Waals surface area contributed by atoms with Gasteiger partial charge in [0.2, 0.25) is 0 Å². The summed E-state index contributed by atoms with van der Waals surface area (Å²) in [7, 11) is 0. The number of rotatable bonds is 3. The summed E-state index contributed by atoms with van der Waals surface area (Å²) in [6.07, 6.45) is 0. The quantitative estimate of drug-likeness (QED) is 0.766. The molecule has 106 valence electrons. The van der Waals surface area contributed by atoms with E-state index in [0.717, 1.165) is 5.56 Å². The molecule has 0 aliphatic carbocycles. The molecule has 1 aromatic heterocycles. The molecule has 0 bridgehead atoms. The van der Waals surface area contributed by atoms with Gasteiger partial charge in [0.15, 0.2) is 0 Å². The molecule has 3 nitrogen and oxygen atoms in total. The van der Waals surface area contributed by atoms with Crippen molar-refractivity contribution in [2.75, 3.05) is 5.32 Å². The van der Waals surface area contributed by atoms with Crippen molar-refractivity contribution in [3.63, 3.8) is 0 Å². The molecule has 1 heterocycles. The Hall–Kier alpha value is -1.20. The molecule has 0 unspecified atom stereocenters. The molecule has 0 amide bonds. The Morgan fingerprint density at radius 2 is 2.00 bits per heavy atom. The minimum Gasteiger partial charge on any atom is -0.340 e. The van der Waals surface area contributed by atoms with Gasteiger partial charge in [-0.15, -0.1) is 0 Å². The van der Waals surface area contributed by atoms with Crippen LogP contribution in [0.2, 0.25) is 5.15 Å². The monoisotopic (exact) mass is 357 g/mol. The predicted octanol–water partition coefficient (Wildman–Crippen LogP) is 5.21. The summed E-state index contributed by atoms with van der Waals surface area (Å²) in [5.41, 5.74) is 1.35. The number of hydrogen-bond donors (Lipinski definition) is 1. The zero-order valence-electron chi connectivity index (χ0n) is 11.3. The van der Waals surface area contributed by atoms with Crippen LogP contribution in [0, 0.1) is 12.7 Å². The van der Waals surface area contributed by atoms with Gasteiger partial charge in [0.05, 0.1) is 4.47 Å². The van der Waals surface area contributed by atoms with Crippen molar-refractivity contribution in [2.24, 2.45) is 0 Å². The second-order valence-electron chi connectivity index (χ2n) is 4.75. The minimum atomic E-state index is -0.336. The normalized spacial score (nSPS) is 10.9. The summed E-state index contributed by atoms with van der Waals surface area (Å²) < 4.78 is 13.9. The molecule has 0 spiro atoms. The predicted molar refractivity (Wildman–Crippen MR) is 83.3 cm³/mol. The van der Waals surface area contributed by atoms with Crippen LogP contribution in [-0.4, -0.2) is 9.97 Å². The van der Waals surface area contributed by atoms with Crippen LogP contribution in [0.4, 0.5) is 15.9 Å². The average Bonchev–Trinajstić information content (AvgIpc) is 2.38. The Bertz CT molecular complexity index is 647. The molecule has 6 heteroatoms. The number of nitrogens with zero attached hydrogens (tertiary/aromatic N) is 2. The van der Waals surface area contributed by atoms with Crippen LogP contribution in [0.5, 0.6) is 0 Å². The van der Waals surface area contributed by atoms with Crippen LogP contribution >= 0.6 is 27.5 Å². The molecular weight excluding hydrogens is 345 g/mol. The molecule has 0 saturated heterocycles. The first kappa shape index (κ1) is 15.2. The van der Waals surface area contributed by atoms with E-state index < -0.39 is 0 Å². The van der Waals surface area contributed by atoms with E-state index in [0.29, 0.717) is 27.0 Å². The highest BCUT2D eigenvalue weighted by atomic mass is 79.9. The van der Waals surface area contributed by atoms with Crippen LogP contribution in [0.15, 0.2) is 22.7 Å². The average molecular weight is 359 g/mol. The number of hydrogen-bond acceptors (Lipinski definition) is 3. The smallest absolute Gasteiger partial charge is 0.139 e. The second-order valence-corrected chi connectivity index (χ2v) is 5.97. The Balaban J connectivity index is 2.39. The number of nitrogens with one attached hydrogen (secondary N) is 1. The highest BCUT2D eigenvalue weighted by Crippen LogP contribution is 2.27. The van der Waals surface area contributed by atoms with Crippen LogP contribution in [0.3, 0.4) is 0 Å². The lowest BCUT2D eigenvalue weighted by Gasteiger charge is -2.13. The molecule has 2 aromatic rings. The zero-order chi connectivity index (χ0) is 14.9. The third-order valence-corrected chi connectivity index (χ3v) is 3.81. The molecule has 0 saturated carbocycles. The Morgan fingerprint density at radius 3 is 2.60 bits per heavy atom. The molecule has 0 aliphatic rings. The summed E-state index contributed by atoms with van der Waals surface area (Å²) in [4.78, 5) is 8.68. The lowest BCUT2D eigenvalue weighted by Crippen LogP contribution is -2.05. The van der Waals surface area contributed by atoms with Gasteiger partial charge in [0.25, 0.3) is 0 Å². The van der Waals surface area contributed by atoms with E-state index in [1.165, 1.54) is 6.07 Å². The summed E-state index contributed by atoms with van der Waals surface area (Å²) in [5.74, 6) is 1.07. The van der Waals surface area contributed by atoms with Crippen molar-refractivity contribution in [1.82, 2.24) is 9.97 Å². The van der Waals surface area contributed by atoms with Gasteiger partial charge in [-0.25, -0.2) is 14.4 Å². The van der Waals surface area contributed by atoms with E-state index in [1.54, 1.807) is 12.1 Å². The first-order valence-corrected chi connectivity index (χ1v) is 7.31. The van der Waals surface area contributed by atoms with Crippen molar-refractivity contribution < 1.29 is 4.39 Å². The number of aromatic nitrogens is 2. The lowest BCUT2D eigenvalue weighted by molar-refractivity contribution is 0.622. The van der Waals surface area contributed by atoms with Gasteiger partial charge < -0.3 is 5.32 Å². The van der Waals surface area contributed by atoms with Crippen molar-refractivity contribution in [1.29, 1.82) is 0 Å². The van der Waals surface area contributed by atoms with E-state index in [1.807, 2.05) is 20.8 Å². The molecule has 0 atom stereocenters. The van der Waals surface area contributed by atoms with Crippen molar-refractivity contribution in [3.8, 4) is 0 Å². The van der Waals surface area contributed by atoms with Crippen molar-refractivity contribution in [3.05, 3.63) is 45.0 Å². The standard InChI is InChI=1S/C14H14BrClFN3/c1-7(2)13-19-12(16)8(3)14(20-13)18-9-4-5-10(15)11(17)6-9/h4-7H,1-3H3,(H,18,19,20). The Labute approximate surface area is 130 Å². The van der Waals surface area contributed by atoms with Gasteiger partial charge >= 0.3 is 0 Å². The first-order valence-electron chi connectivity index (χ1n) is 6.14. The zero-order valence-corrected chi connectivity index (χ0v) is 13.7. The molecule has 0 fully saturated rings. The molecule has 0 aliphatic heterocycles. The fourth-order valence-electron chi connectivity index (χ4n) is 1.60. The molecule has 0 radical (unpaired) electrons. The van der Waals surface area contributed by atoms with Gasteiger partial charge in [-0.2, -0.15) is 0 Å². The maximum absolute atomic E-state index is 13.5. The molecule has 2 rings (SSSR count). The number of anilines is 2. The Kier molecular flexibility index (Phi) is 4.60. The highest BCUT2D eigenvalue weighted by molar-refractivity contribution is 9.10. The maximum atomic E-state index is 13.5. The Morgan fingerprint density at radius 1 is 1.30 bits per heavy atom. The summed E-state index contributed by atoms with van der Waals surface area (Å²) >= 11 is 9.24. The van der Waals surface area contributed by atoms with Gasteiger partial charge in [-0.3, -0.25) is 0 Å². The van der Waals surface area contributed by atoms with E-state index in [9.17, 15) is 4.39 Å². The van der Waals surface area contributed by atoms with E-state index in [-0.39, 0.29) is 11.7 Å². The van der Waals surface area contributed by atoms with E-state index in [2.05, 4.69) is 31.2 Å². The largest absolute Gasteiger partial charge is 0.340 e. The summed E-state index contributed by atoms with van der Waals surface area (Å²) in [5, 5.41) is 3.49. The third kappa shape index (κ3) is 3.27. The third-order valence-electron chi connectivity index (χ3n) is 2.80. The fraction of sp³-hybridized carbons (Fsp3) is 0.286. The molecule has 1 aromatic carbocycles. The fourth-order valence-corrected chi connectivity index (χ4v) is 2.02. The summed E-state index contributed by atoms with van der Waals surface area (Å²) in [6, 6.07) is 4.80. The van der Waals surface area contributed by atoms with E-state index >= 15 is 0 Å². The van der Waals surface area contributed by atoms with Crippen LogP contribution in [0.1, 0.15) is 31.2 Å². The van der Waals surface area contributed by atoms with Crippen molar-refractivity contribution >= 4 is 39.0 Å². The summed E-state index contributed by atoms with van der Waals surface area (Å²) in [6.45, 7) is 5.80. The van der Waals surface area contributed by atoms with Crippen LogP contribution in [0.25, 0.3) is 0 Å². The van der Waals surface area contributed by atoms with Gasteiger partial charge in [0, 0.05) is 17.2 Å². The maximum Gasteiger partial charge on any atom is 0.139 e. The molecule has 1 N–H and O–H groups in total. The lowest BCUT2D eigenvalue weighted by atomic mass is 10.2. The molecular formula is C14H14BrClFN3. The molecule has 20 heavy (non-hydrogen) atoms. The SMILES string of the molecule is Cc1c(Cl)nc(C(C)C)nc1Nc1ccc(Br)c(F)c1. The number of halogens is 3. The van der Waals surface area contributed by atoms with Crippen LogP contribution in [-0.2, 0) is 0 Å². The van der Waals surface area contributed by atoms with E-state index in [4.69, 9.17) is 11.6 Å². The number of benzene rings is 1. The van der Waals surface area contributed by atoms with Gasteiger partial charge in [-0.1, -0.05) is 25.4 Å². The highest BCUT2D eigenvalue weighted by Gasteiger charge is 2.12. The van der Waals surface area contributed by atoms with Gasteiger partial charge in [-0.05, 0) is 41.1 Å². The van der Waals surface area contributed by atoms with Gasteiger partial charge in [0.1, 0.15) is 22.6 Å². The van der Waals surface area contributed by atoms with Crippen molar-refractivity contribution in [2.45, 2.75) is 26.7 Å². The first-order chi connectivity index (χ1) is 9.38. The minimum absolute atomic E-state index is 0.162. The van der Waals surface area contributed by atoms with Crippen LogP contribution < -0.4 is 5.32 Å². The second kappa shape index (κ2) is 6.06. The topological polar surface area (TPSA) is 37.8 Å².